The third-order valence-corrected chi connectivity index (χ3v) is 5.24. The predicted molar refractivity (Wildman–Crippen MR) is 110 cm³/mol. The molecule has 0 aliphatic heterocycles. The van der Waals surface area contributed by atoms with Crippen molar-refractivity contribution in [2.24, 2.45) is 0 Å². The normalized spacial score (nSPS) is 19.1. The van der Waals surface area contributed by atoms with Crippen LogP contribution in [0.25, 0.3) is 0 Å². The van der Waals surface area contributed by atoms with E-state index < -0.39 is 5.82 Å². The van der Waals surface area contributed by atoms with E-state index in [4.69, 9.17) is 11.6 Å². The summed E-state index contributed by atoms with van der Waals surface area (Å²) >= 11 is 5.75. The number of amides is 1. The van der Waals surface area contributed by atoms with Crippen LogP contribution in [0.15, 0.2) is 30.3 Å². The van der Waals surface area contributed by atoms with Crippen LogP contribution in [-0.4, -0.2) is 23.0 Å². The van der Waals surface area contributed by atoms with Crippen molar-refractivity contribution in [3.63, 3.8) is 0 Å². The van der Waals surface area contributed by atoms with Gasteiger partial charge in [-0.1, -0.05) is 17.7 Å². The van der Waals surface area contributed by atoms with E-state index in [9.17, 15) is 9.18 Å². The van der Waals surface area contributed by atoms with Gasteiger partial charge in [-0.05, 0) is 69.4 Å². The molecule has 0 radical (unpaired) electrons. The summed E-state index contributed by atoms with van der Waals surface area (Å²) in [5, 5.41) is 6.47. The van der Waals surface area contributed by atoms with Crippen molar-refractivity contribution in [2.75, 3.05) is 5.32 Å². The number of aromatic nitrogens is 1. The Balaban J connectivity index is 0.00000261. The molecule has 0 saturated heterocycles. The fourth-order valence-electron chi connectivity index (χ4n) is 3.21. The summed E-state index contributed by atoms with van der Waals surface area (Å²) in [6.45, 7) is 4.06. The zero-order valence-corrected chi connectivity index (χ0v) is 17.0. The maximum absolute atomic E-state index is 13.2. The van der Waals surface area contributed by atoms with Gasteiger partial charge in [0.1, 0.15) is 11.6 Å². The van der Waals surface area contributed by atoms with Crippen molar-refractivity contribution in [1.29, 1.82) is 0 Å². The number of hydrogen-bond donors (Lipinski definition) is 2. The molecular weight excluding hydrogens is 388 g/mol. The highest BCUT2D eigenvalue weighted by Gasteiger charge is 2.23. The minimum Gasteiger partial charge on any atom is -0.367 e. The smallest absolute Gasteiger partial charge is 0.251 e. The topological polar surface area (TPSA) is 54.0 Å². The highest BCUT2D eigenvalue weighted by Crippen LogP contribution is 2.23. The number of benzene rings is 1. The number of aryl methyl sites for hydroxylation is 2. The van der Waals surface area contributed by atoms with Gasteiger partial charge >= 0.3 is 0 Å². The molecule has 27 heavy (non-hydrogen) atoms. The molecular formula is C20H24Cl2FN3O. The molecule has 0 bridgehead atoms. The van der Waals surface area contributed by atoms with Crippen molar-refractivity contribution in [3.8, 4) is 0 Å². The molecule has 2 aromatic rings. The Morgan fingerprint density at radius 3 is 2.41 bits per heavy atom. The van der Waals surface area contributed by atoms with E-state index >= 15 is 0 Å². The first-order chi connectivity index (χ1) is 12.4. The molecule has 1 fully saturated rings. The summed E-state index contributed by atoms with van der Waals surface area (Å²) in [5.41, 5.74) is 2.60. The van der Waals surface area contributed by atoms with Gasteiger partial charge in [0.05, 0.1) is 5.02 Å². The van der Waals surface area contributed by atoms with Crippen molar-refractivity contribution < 1.29 is 9.18 Å². The Hall–Kier alpha value is -1.85. The molecule has 146 valence electrons. The summed E-state index contributed by atoms with van der Waals surface area (Å²) < 4.78 is 13.2. The lowest BCUT2D eigenvalue weighted by Crippen LogP contribution is -2.40. The average molecular weight is 412 g/mol. The lowest BCUT2D eigenvalue weighted by Gasteiger charge is -2.30. The lowest BCUT2D eigenvalue weighted by molar-refractivity contribution is 0.0926. The van der Waals surface area contributed by atoms with Crippen LogP contribution in [0.5, 0.6) is 0 Å². The zero-order chi connectivity index (χ0) is 18.7. The molecule has 0 atom stereocenters. The van der Waals surface area contributed by atoms with Crippen LogP contribution in [0.1, 0.15) is 47.3 Å². The van der Waals surface area contributed by atoms with Crippen LogP contribution in [0.3, 0.4) is 0 Å². The van der Waals surface area contributed by atoms with E-state index in [2.05, 4.69) is 21.7 Å². The van der Waals surface area contributed by atoms with Crippen LogP contribution in [0, 0.1) is 19.7 Å². The number of halogens is 3. The highest BCUT2D eigenvalue weighted by molar-refractivity contribution is 6.31. The van der Waals surface area contributed by atoms with Gasteiger partial charge in [0.15, 0.2) is 0 Å². The molecule has 1 aliphatic rings. The number of hydrogen-bond acceptors (Lipinski definition) is 3. The summed E-state index contributed by atoms with van der Waals surface area (Å²) in [7, 11) is 0. The van der Waals surface area contributed by atoms with E-state index in [1.807, 2.05) is 19.9 Å². The second kappa shape index (κ2) is 9.38. The quantitative estimate of drug-likeness (QED) is 0.738. The van der Waals surface area contributed by atoms with Crippen molar-refractivity contribution >= 4 is 35.7 Å². The van der Waals surface area contributed by atoms with Gasteiger partial charge in [0.25, 0.3) is 5.91 Å². The van der Waals surface area contributed by atoms with Crippen LogP contribution >= 0.6 is 24.0 Å². The molecule has 1 aromatic heterocycles. The van der Waals surface area contributed by atoms with Crippen LogP contribution < -0.4 is 10.6 Å². The minimum absolute atomic E-state index is 0. The summed E-state index contributed by atoms with van der Waals surface area (Å²) in [4.78, 5) is 16.9. The molecule has 7 heteroatoms. The first-order valence-electron chi connectivity index (χ1n) is 8.89. The van der Waals surface area contributed by atoms with E-state index in [1.165, 1.54) is 23.8 Å². The molecule has 2 N–H and O–H groups in total. The first kappa shape index (κ1) is 21.5. The molecule has 4 nitrogen and oxygen atoms in total. The Labute approximate surface area is 170 Å². The third kappa shape index (κ3) is 5.56. The maximum atomic E-state index is 13.2. The fourth-order valence-corrected chi connectivity index (χ4v) is 3.39. The number of carbonyl (C=O) groups is 1. The van der Waals surface area contributed by atoms with Gasteiger partial charge in [-0.25, -0.2) is 9.37 Å². The molecule has 1 aliphatic carbocycles. The Bertz CT molecular complexity index is 808. The molecule has 1 amide bonds. The number of pyridine rings is 1. The summed E-state index contributed by atoms with van der Waals surface area (Å²) in [5.74, 6) is 0.176. The highest BCUT2D eigenvalue weighted by atomic mass is 35.5. The molecule has 0 unspecified atom stereocenters. The Morgan fingerprint density at radius 1 is 1.11 bits per heavy atom. The van der Waals surface area contributed by atoms with E-state index in [0.717, 1.165) is 37.2 Å². The number of carbonyl (C=O) groups excluding carboxylic acids is 1. The first-order valence-corrected chi connectivity index (χ1v) is 9.27. The molecule has 1 heterocycles. The Kier molecular flexibility index (Phi) is 7.45. The molecule has 1 aromatic carbocycles. The van der Waals surface area contributed by atoms with Gasteiger partial charge in [0.2, 0.25) is 0 Å². The Morgan fingerprint density at radius 2 is 1.78 bits per heavy atom. The van der Waals surface area contributed by atoms with Crippen molar-refractivity contribution in [1.82, 2.24) is 10.3 Å². The largest absolute Gasteiger partial charge is 0.367 e. The maximum Gasteiger partial charge on any atom is 0.251 e. The third-order valence-electron chi connectivity index (χ3n) is 4.95. The van der Waals surface area contributed by atoms with Gasteiger partial charge in [-0.15, -0.1) is 12.4 Å². The van der Waals surface area contributed by atoms with Crippen molar-refractivity contribution in [3.05, 3.63) is 58.0 Å². The van der Waals surface area contributed by atoms with Crippen LogP contribution in [0.4, 0.5) is 10.2 Å². The minimum atomic E-state index is -0.519. The predicted octanol–water partition coefficient (Wildman–Crippen LogP) is 5.07. The second-order valence-corrected chi connectivity index (χ2v) is 7.30. The van der Waals surface area contributed by atoms with Gasteiger partial charge < -0.3 is 10.6 Å². The monoisotopic (exact) mass is 411 g/mol. The van der Waals surface area contributed by atoms with Gasteiger partial charge in [-0.2, -0.15) is 0 Å². The SMILES string of the molecule is Cc1ccc(N[C@H]2CC[C@@H](NC(=O)c3ccc(F)c(Cl)c3)CC2)nc1C.Cl. The number of nitrogens with one attached hydrogen (secondary N) is 2. The molecule has 3 rings (SSSR count). The average Bonchev–Trinajstić information content (AvgIpc) is 2.62. The molecule has 0 spiro atoms. The van der Waals surface area contributed by atoms with Gasteiger partial charge in [-0.3, -0.25) is 4.79 Å². The van der Waals surface area contributed by atoms with E-state index in [1.54, 1.807) is 0 Å². The molecule has 1 saturated carbocycles. The second-order valence-electron chi connectivity index (χ2n) is 6.89. The number of nitrogens with zero attached hydrogens (tertiary/aromatic N) is 1. The summed E-state index contributed by atoms with van der Waals surface area (Å²) in [6, 6.07) is 8.60. The van der Waals surface area contributed by atoms with Crippen LogP contribution in [-0.2, 0) is 0 Å². The van der Waals surface area contributed by atoms with Crippen molar-refractivity contribution in [2.45, 2.75) is 51.6 Å². The number of anilines is 1. The lowest BCUT2D eigenvalue weighted by atomic mass is 9.91. The number of rotatable bonds is 4. The zero-order valence-electron chi connectivity index (χ0n) is 15.4. The van der Waals surface area contributed by atoms with Crippen LogP contribution in [0.2, 0.25) is 5.02 Å². The fraction of sp³-hybridized carbons (Fsp3) is 0.400. The summed E-state index contributed by atoms with van der Waals surface area (Å²) in [6.07, 6.45) is 3.71. The standard InChI is InChI=1S/C20H23ClFN3O.ClH/c1-12-3-10-19(23-13(12)2)24-15-5-7-16(8-6-15)25-20(26)14-4-9-18(22)17(21)11-14;/h3-4,9-11,15-16H,5-8H2,1-2H3,(H,23,24)(H,25,26);1H/t15-,16+;. The van der Waals surface area contributed by atoms with Gasteiger partial charge in [0, 0.05) is 23.3 Å². The van der Waals surface area contributed by atoms with E-state index in [-0.39, 0.29) is 29.4 Å². The van der Waals surface area contributed by atoms with E-state index in [0.29, 0.717) is 11.6 Å².